The lowest BCUT2D eigenvalue weighted by Gasteiger charge is -2.42. The van der Waals surface area contributed by atoms with Crippen LogP contribution < -0.4 is 4.74 Å². The van der Waals surface area contributed by atoms with Crippen molar-refractivity contribution in [1.82, 2.24) is 4.90 Å². The topological polar surface area (TPSA) is 21.7 Å². The van der Waals surface area contributed by atoms with Crippen LogP contribution in [0.15, 0.2) is 16.6 Å². The number of hydrogen-bond acceptors (Lipinski definition) is 3. The number of ether oxygens (including phenoxy) is 2. The first-order valence-corrected chi connectivity index (χ1v) is 8.70. The zero-order valence-corrected chi connectivity index (χ0v) is 14.8. The molecule has 1 unspecified atom stereocenters. The molecule has 0 spiro atoms. The quantitative estimate of drug-likeness (QED) is 0.755. The molecule has 0 aliphatic carbocycles. The lowest BCUT2D eigenvalue weighted by Crippen LogP contribution is -2.52. The third kappa shape index (κ3) is 3.55. The average molecular weight is 375 g/mol. The normalized spacial score (nSPS) is 24.7. The number of benzene rings is 1. The van der Waals surface area contributed by atoms with Gasteiger partial charge in [0.2, 0.25) is 0 Å². The number of alkyl halides is 1. The molecule has 0 saturated carbocycles. The van der Waals surface area contributed by atoms with Crippen LogP contribution in [0.1, 0.15) is 25.0 Å². The highest BCUT2D eigenvalue weighted by Crippen LogP contribution is 2.34. The largest absolute Gasteiger partial charge is 0.493 e. The summed E-state index contributed by atoms with van der Waals surface area (Å²) in [6.07, 6.45) is 1.09. The fourth-order valence-corrected chi connectivity index (χ4v) is 4.04. The van der Waals surface area contributed by atoms with Crippen molar-refractivity contribution in [3.8, 4) is 5.75 Å². The highest BCUT2D eigenvalue weighted by Gasteiger charge is 2.33. The van der Waals surface area contributed by atoms with E-state index in [1.807, 2.05) is 0 Å². The summed E-state index contributed by atoms with van der Waals surface area (Å²) in [5, 5.41) is 0. The van der Waals surface area contributed by atoms with Gasteiger partial charge in [0, 0.05) is 42.0 Å². The van der Waals surface area contributed by atoms with Crippen molar-refractivity contribution in [2.75, 3.05) is 25.6 Å². The number of nitrogens with zero attached hydrogens (tertiary/aromatic N) is 1. The van der Waals surface area contributed by atoms with Gasteiger partial charge in [-0.1, -0.05) is 15.9 Å². The second-order valence-corrected chi connectivity index (χ2v) is 7.70. The van der Waals surface area contributed by atoms with E-state index in [1.54, 1.807) is 0 Å². The minimum Gasteiger partial charge on any atom is -0.493 e. The Kier molecular flexibility index (Phi) is 4.51. The minimum absolute atomic E-state index is 0.0940. The van der Waals surface area contributed by atoms with Gasteiger partial charge < -0.3 is 9.47 Å². The van der Waals surface area contributed by atoms with Crippen LogP contribution in [0.25, 0.3) is 0 Å². The molecule has 5 heteroatoms. The molecule has 1 saturated heterocycles. The standard InChI is InChI=1S/C16H21BrClNO2/c1-16(2)10-19(9-14(7-18)21-16)8-12-6-13(17)5-11-3-4-20-15(11)12/h5-6,14H,3-4,7-10H2,1-2H3. The Labute approximate surface area is 139 Å². The lowest BCUT2D eigenvalue weighted by atomic mass is 10.0. The van der Waals surface area contributed by atoms with Crippen LogP contribution in [0.4, 0.5) is 0 Å². The van der Waals surface area contributed by atoms with Gasteiger partial charge in [-0.25, -0.2) is 0 Å². The molecule has 1 aromatic rings. The zero-order valence-electron chi connectivity index (χ0n) is 12.5. The van der Waals surface area contributed by atoms with Gasteiger partial charge in [0.1, 0.15) is 5.75 Å². The fraction of sp³-hybridized carbons (Fsp3) is 0.625. The average Bonchev–Trinajstić information content (AvgIpc) is 2.84. The van der Waals surface area contributed by atoms with E-state index in [1.165, 1.54) is 11.1 Å². The summed E-state index contributed by atoms with van der Waals surface area (Å²) in [7, 11) is 0. The van der Waals surface area contributed by atoms with Crippen molar-refractivity contribution in [2.24, 2.45) is 0 Å². The van der Waals surface area contributed by atoms with Crippen LogP contribution in [-0.4, -0.2) is 42.2 Å². The Morgan fingerprint density at radius 3 is 3.00 bits per heavy atom. The van der Waals surface area contributed by atoms with Crippen LogP contribution in [0.5, 0.6) is 5.75 Å². The second-order valence-electron chi connectivity index (χ2n) is 6.48. The molecule has 3 nitrogen and oxygen atoms in total. The monoisotopic (exact) mass is 373 g/mol. The predicted molar refractivity (Wildman–Crippen MR) is 88.3 cm³/mol. The summed E-state index contributed by atoms with van der Waals surface area (Å²) in [6.45, 7) is 7.69. The van der Waals surface area contributed by atoms with Crippen molar-refractivity contribution in [1.29, 1.82) is 0 Å². The van der Waals surface area contributed by atoms with E-state index in [9.17, 15) is 0 Å². The number of rotatable bonds is 3. The highest BCUT2D eigenvalue weighted by molar-refractivity contribution is 9.10. The van der Waals surface area contributed by atoms with E-state index in [-0.39, 0.29) is 11.7 Å². The van der Waals surface area contributed by atoms with Gasteiger partial charge in [-0.3, -0.25) is 4.90 Å². The summed E-state index contributed by atoms with van der Waals surface area (Å²) >= 11 is 9.62. The van der Waals surface area contributed by atoms with E-state index in [0.29, 0.717) is 5.88 Å². The minimum atomic E-state index is -0.159. The van der Waals surface area contributed by atoms with Gasteiger partial charge in [-0.05, 0) is 31.5 Å². The first kappa shape index (κ1) is 15.6. The summed E-state index contributed by atoms with van der Waals surface area (Å²) in [4.78, 5) is 2.42. The van der Waals surface area contributed by atoms with Crippen LogP contribution in [0.2, 0.25) is 0 Å². The SMILES string of the molecule is CC1(C)CN(Cc2cc(Br)cc3c2OCC3)CC(CCl)O1. The van der Waals surface area contributed by atoms with Crippen LogP contribution in [0, 0.1) is 0 Å². The summed E-state index contributed by atoms with van der Waals surface area (Å²) in [6, 6.07) is 4.33. The van der Waals surface area contributed by atoms with E-state index in [0.717, 1.165) is 42.9 Å². The Hall–Kier alpha value is -0.290. The zero-order chi connectivity index (χ0) is 15.0. The molecule has 0 bridgehead atoms. The molecule has 0 aromatic heterocycles. The number of hydrogen-bond donors (Lipinski definition) is 0. The van der Waals surface area contributed by atoms with E-state index < -0.39 is 0 Å². The van der Waals surface area contributed by atoms with Crippen molar-refractivity contribution in [3.05, 3.63) is 27.7 Å². The van der Waals surface area contributed by atoms with Gasteiger partial charge in [-0.2, -0.15) is 0 Å². The third-order valence-electron chi connectivity index (χ3n) is 3.94. The molecule has 1 aromatic carbocycles. The van der Waals surface area contributed by atoms with E-state index in [4.69, 9.17) is 21.1 Å². The van der Waals surface area contributed by atoms with Crippen molar-refractivity contribution >= 4 is 27.5 Å². The summed E-state index contributed by atoms with van der Waals surface area (Å²) < 4.78 is 12.9. The third-order valence-corrected chi connectivity index (χ3v) is 4.75. The first-order valence-electron chi connectivity index (χ1n) is 7.37. The summed E-state index contributed by atoms with van der Waals surface area (Å²) in [5.74, 6) is 1.61. The molecular formula is C16H21BrClNO2. The number of morpholine rings is 1. The summed E-state index contributed by atoms with van der Waals surface area (Å²) in [5.41, 5.74) is 2.40. The molecule has 21 heavy (non-hydrogen) atoms. The van der Waals surface area contributed by atoms with Gasteiger partial charge in [0.05, 0.1) is 18.3 Å². The maximum absolute atomic E-state index is 6.01. The van der Waals surface area contributed by atoms with Crippen LogP contribution >= 0.6 is 27.5 Å². The molecule has 3 rings (SSSR count). The van der Waals surface area contributed by atoms with E-state index >= 15 is 0 Å². The van der Waals surface area contributed by atoms with Gasteiger partial charge in [-0.15, -0.1) is 11.6 Å². The van der Waals surface area contributed by atoms with E-state index in [2.05, 4.69) is 46.8 Å². The fourth-order valence-electron chi connectivity index (χ4n) is 3.32. The Bertz CT molecular complexity index is 535. The molecule has 2 aliphatic rings. The highest BCUT2D eigenvalue weighted by atomic mass is 79.9. The van der Waals surface area contributed by atoms with Gasteiger partial charge in [0.15, 0.2) is 0 Å². The molecule has 116 valence electrons. The first-order chi connectivity index (χ1) is 9.97. The lowest BCUT2D eigenvalue weighted by molar-refractivity contribution is -0.129. The van der Waals surface area contributed by atoms with Crippen molar-refractivity contribution in [2.45, 2.75) is 38.5 Å². The number of halogens is 2. The molecule has 2 heterocycles. The predicted octanol–water partition coefficient (Wildman–Crippen LogP) is 3.60. The van der Waals surface area contributed by atoms with Crippen molar-refractivity contribution < 1.29 is 9.47 Å². The Morgan fingerprint density at radius 1 is 1.43 bits per heavy atom. The maximum Gasteiger partial charge on any atom is 0.127 e. The molecule has 0 N–H and O–H groups in total. The molecule has 2 aliphatic heterocycles. The number of fused-ring (bicyclic) bond motifs is 1. The molecule has 0 radical (unpaired) electrons. The van der Waals surface area contributed by atoms with Gasteiger partial charge >= 0.3 is 0 Å². The Morgan fingerprint density at radius 2 is 2.24 bits per heavy atom. The second kappa shape index (κ2) is 6.07. The van der Waals surface area contributed by atoms with Crippen LogP contribution in [-0.2, 0) is 17.7 Å². The van der Waals surface area contributed by atoms with Crippen LogP contribution in [0.3, 0.4) is 0 Å². The van der Waals surface area contributed by atoms with Gasteiger partial charge in [0.25, 0.3) is 0 Å². The maximum atomic E-state index is 6.01. The molecule has 1 fully saturated rings. The molecule has 1 atom stereocenters. The Balaban J connectivity index is 1.80. The van der Waals surface area contributed by atoms with Crippen molar-refractivity contribution in [3.63, 3.8) is 0 Å². The smallest absolute Gasteiger partial charge is 0.127 e. The molecule has 0 amide bonds. The molecular weight excluding hydrogens is 354 g/mol.